The van der Waals surface area contributed by atoms with E-state index < -0.39 is 5.97 Å². The standard InChI is InChI=1S/C16H13N5O2/c1-9-2-3-10-7-19-15(17)14(12(10)6-9)21-20-13-5-4-11(8-18-13)16(22)23/h2-8H,1H3,(H2,17,19)(H,22,23). The van der Waals surface area contributed by atoms with Crippen LogP contribution >= 0.6 is 0 Å². The molecular formula is C16H13N5O2. The first-order chi connectivity index (χ1) is 11.0. The highest BCUT2D eigenvalue weighted by Gasteiger charge is 2.07. The van der Waals surface area contributed by atoms with Gasteiger partial charge in [-0.05, 0) is 25.1 Å². The molecule has 0 fully saturated rings. The predicted octanol–water partition coefficient (Wildman–Crippen LogP) is 3.63. The molecule has 0 saturated carbocycles. The van der Waals surface area contributed by atoms with E-state index in [-0.39, 0.29) is 11.4 Å². The summed E-state index contributed by atoms with van der Waals surface area (Å²) in [5, 5.41) is 18.8. The van der Waals surface area contributed by atoms with Crippen LogP contribution in [0.1, 0.15) is 15.9 Å². The largest absolute Gasteiger partial charge is 0.478 e. The van der Waals surface area contributed by atoms with Crippen molar-refractivity contribution in [1.82, 2.24) is 9.97 Å². The average Bonchev–Trinajstić information content (AvgIpc) is 2.54. The molecule has 114 valence electrons. The quantitative estimate of drug-likeness (QED) is 0.717. The highest BCUT2D eigenvalue weighted by Crippen LogP contribution is 2.32. The smallest absolute Gasteiger partial charge is 0.337 e. The van der Waals surface area contributed by atoms with Crippen LogP contribution in [0, 0.1) is 6.92 Å². The first-order valence-electron chi connectivity index (χ1n) is 6.80. The summed E-state index contributed by atoms with van der Waals surface area (Å²) in [4.78, 5) is 18.8. The first-order valence-corrected chi connectivity index (χ1v) is 6.80. The number of nitrogen functional groups attached to an aromatic ring is 1. The number of rotatable bonds is 3. The summed E-state index contributed by atoms with van der Waals surface area (Å²) in [6.45, 7) is 1.98. The van der Waals surface area contributed by atoms with Crippen LogP contribution < -0.4 is 5.73 Å². The number of anilines is 1. The van der Waals surface area contributed by atoms with Crippen LogP contribution in [0.2, 0.25) is 0 Å². The van der Waals surface area contributed by atoms with Gasteiger partial charge in [-0.15, -0.1) is 10.2 Å². The van der Waals surface area contributed by atoms with Gasteiger partial charge in [-0.25, -0.2) is 14.8 Å². The third-order valence-corrected chi connectivity index (χ3v) is 3.30. The Morgan fingerprint density at radius 2 is 1.96 bits per heavy atom. The zero-order valence-corrected chi connectivity index (χ0v) is 12.3. The number of carboxylic acids is 1. The SMILES string of the molecule is Cc1ccc2cnc(N)c(N=Nc3ccc(C(=O)O)cn3)c2c1. The van der Waals surface area contributed by atoms with E-state index in [0.717, 1.165) is 16.3 Å². The van der Waals surface area contributed by atoms with Crippen molar-refractivity contribution in [3.05, 3.63) is 53.9 Å². The van der Waals surface area contributed by atoms with E-state index in [9.17, 15) is 4.79 Å². The second kappa shape index (κ2) is 5.80. The minimum Gasteiger partial charge on any atom is -0.478 e. The number of aromatic carboxylic acids is 1. The van der Waals surface area contributed by atoms with Gasteiger partial charge >= 0.3 is 5.97 Å². The molecule has 0 amide bonds. The molecule has 0 spiro atoms. The number of hydrogen-bond acceptors (Lipinski definition) is 6. The minimum absolute atomic E-state index is 0.0888. The fourth-order valence-electron chi connectivity index (χ4n) is 2.10. The molecule has 0 saturated heterocycles. The Morgan fingerprint density at radius 1 is 1.13 bits per heavy atom. The number of carboxylic acid groups (broad SMARTS) is 1. The molecule has 2 aromatic heterocycles. The average molecular weight is 307 g/mol. The number of nitrogens with two attached hydrogens (primary N) is 1. The van der Waals surface area contributed by atoms with Crippen molar-refractivity contribution in [2.45, 2.75) is 6.92 Å². The molecule has 23 heavy (non-hydrogen) atoms. The summed E-state index contributed by atoms with van der Waals surface area (Å²) in [6, 6.07) is 8.78. The predicted molar refractivity (Wildman–Crippen MR) is 86.3 cm³/mol. The molecule has 0 aliphatic carbocycles. The maximum atomic E-state index is 10.8. The summed E-state index contributed by atoms with van der Waals surface area (Å²) in [7, 11) is 0. The van der Waals surface area contributed by atoms with Gasteiger partial charge in [0.25, 0.3) is 0 Å². The van der Waals surface area contributed by atoms with Gasteiger partial charge in [-0.1, -0.05) is 17.7 Å². The minimum atomic E-state index is -1.04. The van der Waals surface area contributed by atoms with Crippen molar-refractivity contribution in [2.24, 2.45) is 10.2 Å². The molecule has 1 aromatic carbocycles. The molecule has 0 atom stereocenters. The topological polar surface area (TPSA) is 114 Å². The van der Waals surface area contributed by atoms with Crippen LogP contribution in [0.25, 0.3) is 10.8 Å². The molecule has 0 aliphatic rings. The number of nitrogens with zero attached hydrogens (tertiary/aromatic N) is 4. The van der Waals surface area contributed by atoms with E-state index in [4.69, 9.17) is 10.8 Å². The van der Waals surface area contributed by atoms with Crippen molar-refractivity contribution in [3.8, 4) is 0 Å². The third-order valence-electron chi connectivity index (χ3n) is 3.30. The van der Waals surface area contributed by atoms with Crippen molar-refractivity contribution in [1.29, 1.82) is 0 Å². The second-order valence-corrected chi connectivity index (χ2v) is 4.99. The van der Waals surface area contributed by atoms with Gasteiger partial charge in [0.1, 0.15) is 5.69 Å². The molecule has 3 N–H and O–H groups in total. The number of azo groups is 1. The van der Waals surface area contributed by atoms with Crippen LogP contribution in [0.15, 0.2) is 53.0 Å². The van der Waals surface area contributed by atoms with E-state index >= 15 is 0 Å². The van der Waals surface area contributed by atoms with Gasteiger partial charge in [0.2, 0.25) is 0 Å². The summed E-state index contributed by atoms with van der Waals surface area (Å²) in [5.74, 6) is -0.480. The van der Waals surface area contributed by atoms with Gasteiger partial charge in [0.15, 0.2) is 11.6 Å². The van der Waals surface area contributed by atoms with Gasteiger partial charge < -0.3 is 10.8 Å². The Morgan fingerprint density at radius 3 is 2.65 bits per heavy atom. The van der Waals surface area contributed by atoms with Crippen LogP contribution in [0.4, 0.5) is 17.3 Å². The lowest BCUT2D eigenvalue weighted by Crippen LogP contribution is -1.95. The molecule has 0 unspecified atom stereocenters. The van der Waals surface area contributed by atoms with Crippen LogP contribution in [0.3, 0.4) is 0 Å². The van der Waals surface area contributed by atoms with Gasteiger partial charge in [-0.2, -0.15) is 0 Å². The zero-order valence-electron chi connectivity index (χ0n) is 12.3. The molecule has 0 radical (unpaired) electrons. The molecule has 7 nitrogen and oxygen atoms in total. The third kappa shape index (κ3) is 2.98. The normalized spacial score (nSPS) is 11.2. The maximum absolute atomic E-state index is 10.8. The number of aromatic nitrogens is 2. The monoisotopic (exact) mass is 307 g/mol. The van der Waals surface area contributed by atoms with Crippen LogP contribution in [0.5, 0.6) is 0 Å². The highest BCUT2D eigenvalue weighted by atomic mass is 16.4. The lowest BCUT2D eigenvalue weighted by Gasteiger charge is -2.05. The number of aryl methyl sites for hydroxylation is 1. The van der Waals surface area contributed by atoms with Crippen LogP contribution in [-0.4, -0.2) is 21.0 Å². The number of fused-ring (bicyclic) bond motifs is 1. The van der Waals surface area contributed by atoms with E-state index in [1.54, 1.807) is 6.20 Å². The fraction of sp³-hybridized carbons (Fsp3) is 0.0625. The van der Waals surface area contributed by atoms with E-state index in [2.05, 4.69) is 20.2 Å². The Labute approximate surface area is 131 Å². The molecular weight excluding hydrogens is 294 g/mol. The Bertz CT molecular complexity index is 914. The number of carbonyl (C=O) groups is 1. The van der Waals surface area contributed by atoms with Crippen molar-refractivity contribution < 1.29 is 9.90 Å². The Kier molecular flexibility index (Phi) is 3.68. The Hall–Kier alpha value is -3.35. The van der Waals surface area contributed by atoms with Crippen LogP contribution in [-0.2, 0) is 0 Å². The lowest BCUT2D eigenvalue weighted by molar-refractivity contribution is 0.0696. The van der Waals surface area contributed by atoms with E-state index in [0.29, 0.717) is 11.5 Å². The van der Waals surface area contributed by atoms with Gasteiger partial charge in [0.05, 0.1) is 5.56 Å². The van der Waals surface area contributed by atoms with E-state index in [1.807, 2.05) is 25.1 Å². The molecule has 3 rings (SSSR count). The lowest BCUT2D eigenvalue weighted by atomic mass is 10.1. The maximum Gasteiger partial charge on any atom is 0.337 e. The molecule has 0 bridgehead atoms. The van der Waals surface area contributed by atoms with Crippen molar-refractivity contribution in [3.63, 3.8) is 0 Å². The number of pyridine rings is 2. The highest BCUT2D eigenvalue weighted by molar-refractivity contribution is 5.96. The Balaban J connectivity index is 2.01. The summed E-state index contributed by atoms with van der Waals surface area (Å²) < 4.78 is 0. The van der Waals surface area contributed by atoms with Crippen molar-refractivity contribution in [2.75, 3.05) is 5.73 Å². The molecule has 7 heteroatoms. The summed E-state index contributed by atoms with van der Waals surface area (Å²) in [5.41, 5.74) is 7.53. The fourth-order valence-corrected chi connectivity index (χ4v) is 2.10. The molecule has 2 heterocycles. The van der Waals surface area contributed by atoms with Crippen molar-refractivity contribution >= 4 is 34.1 Å². The zero-order chi connectivity index (χ0) is 16.4. The van der Waals surface area contributed by atoms with Gasteiger partial charge in [0, 0.05) is 23.2 Å². The van der Waals surface area contributed by atoms with E-state index in [1.165, 1.54) is 18.3 Å². The summed E-state index contributed by atoms with van der Waals surface area (Å²) in [6.07, 6.45) is 2.91. The molecule has 3 aromatic rings. The molecule has 0 aliphatic heterocycles. The first kappa shape index (κ1) is 14.6. The number of benzene rings is 1. The second-order valence-electron chi connectivity index (χ2n) is 4.99. The van der Waals surface area contributed by atoms with Gasteiger partial charge in [-0.3, -0.25) is 0 Å². The number of hydrogen-bond donors (Lipinski definition) is 2. The summed E-state index contributed by atoms with van der Waals surface area (Å²) >= 11 is 0.